The van der Waals surface area contributed by atoms with Crippen molar-refractivity contribution in [2.24, 2.45) is 0 Å². The molecule has 2 rings (SSSR count). The zero-order chi connectivity index (χ0) is 17.7. The van der Waals surface area contributed by atoms with Crippen molar-refractivity contribution in [2.75, 3.05) is 23.7 Å². The second kappa shape index (κ2) is 12.2. The Balaban J connectivity index is 1.77. The first kappa shape index (κ1) is 20.1. The van der Waals surface area contributed by atoms with Gasteiger partial charge in [-0.1, -0.05) is 39.5 Å². The third-order valence-electron chi connectivity index (χ3n) is 4.13. The highest BCUT2D eigenvalue weighted by atomic mass is 127. The lowest BCUT2D eigenvalue weighted by atomic mass is 10.2. The molecule has 2 nitrogen and oxygen atoms in total. The van der Waals surface area contributed by atoms with Crippen LogP contribution < -0.4 is 31.8 Å². The molecule has 0 saturated heterocycles. The number of hydrogen-bond donors (Lipinski definition) is 2. The minimum atomic E-state index is -0.0916. The van der Waals surface area contributed by atoms with Gasteiger partial charge in [0.15, 0.2) is 7.14 Å². The Morgan fingerprint density at radius 3 is 1.36 bits per heavy atom. The highest BCUT2D eigenvalue weighted by molar-refractivity contribution is 5.43. The largest absolute Gasteiger partial charge is 0.385 e. The highest BCUT2D eigenvalue weighted by Crippen LogP contribution is 2.07. The van der Waals surface area contributed by atoms with Crippen molar-refractivity contribution >= 4 is 11.4 Å². The first-order valence-corrected chi connectivity index (χ1v) is 11.8. The van der Waals surface area contributed by atoms with Crippen LogP contribution in [-0.2, 0) is 0 Å². The molecule has 0 atom stereocenters. The first-order chi connectivity index (χ1) is 12.3. The van der Waals surface area contributed by atoms with Crippen molar-refractivity contribution in [2.45, 2.75) is 52.4 Å². The summed E-state index contributed by atoms with van der Waals surface area (Å²) in [5, 5.41) is 7.02. The van der Waals surface area contributed by atoms with Gasteiger partial charge in [-0.3, -0.25) is 0 Å². The lowest BCUT2D eigenvalue weighted by molar-refractivity contribution is -0.597. The molecule has 0 amide bonds. The number of nitrogens with one attached hydrogen (secondary N) is 2. The summed E-state index contributed by atoms with van der Waals surface area (Å²) in [4.78, 5) is 0. The van der Waals surface area contributed by atoms with E-state index in [0.717, 1.165) is 13.1 Å². The van der Waals surface area contributed by atoms with Gasteiger partial charge in [0.05, 0.1) is 0 Å². The summed E-state index contributed by atoms with van der Waals surface area (Å²) in [6.45, 7) is 6.64. The number of unbranched alkanes of at least 4 members (excludes halogenated alkanes) is 4. The summed E-state index contributed by atoms with van der Waals surface area (Å²) in [6, 6.07) is 18.0. The van der Waals surface area contributed by atoms with Crippen molar-refractivity contribution in [3.05, 3.63) is 55.7 Å². The van der Waals surface area contributed by atoms with Crippen LogP contribution in [0.2, 0.25) is 0 Å². The van der Waals surface area contributed by atoms with Crippen LogP contribution in [0.25, 0.3) is 0 Å². The Kier molecular flexibility index (Phi) is 9.78. The van der Waals surface area contributed by atoms with E-state index >= 15 is 0 Å². The van der Waals surface area contributed by atoms with E-state index in [1.807, 2.05) is 0 Å². The molecule has 0 bridgehead atoms. The van der Waals surface area contributed by atoms with Crippen molar-refractivity contribution in [1.82, 2.24) is 0 Å². The maximum Gasteiger partial charge on any atom is 0.357 e. The predicted molar refractivity (Wildman–Crippen MR) is 106 cm³/mol. The summed E-state index contributed by atoms with van der Waals surface area (Å²) >= 11 is -0.0916. The average molecular weight is 451 g/mol. The molecule has 0 aliphatic heterocycles. The van der Waals surface area contributed by atoms with Gasteiger partial charge < -0.3 is 10.6 Å². The lowest BCUT2D eigenvalue weighted by Crippen LogP contribution is -3.61. The van der Waals surface area contributed by atoms with Crippen LogP contribution >= 0.6 is 0 Å². The van der Waals surface area contributed by atoms with Crippen LogP contribution in [0, 0.1) is 7.14 Å². The SMILES string of the molecule is CCCCCNc1ccc([I+]c2ccc(NCCCCC)cc2)cc1. The molecular formula is C22H32IN2+. The van der Waals surface area contributed by atoms with Crippen LogP contribution in [0.15, 0.2) is 48.5 Å². The van der Waals surface area contributed by atoms with Gasteiger partial charge in [-0.2, -0.15) is 0 Å². The van der Waals surface area contributed by atoms with E-state index in [-0.39, 0.29) is 21.2 Å². The standard InChI is InChI=1S/C22H32IN2/c1-3-5-7-17-24-21-13-9-19(10-14-21)23-20-11-15-22(16-12-20)25-18-8-6-4-2/h9-16,24-25H,3-8,17-18H2,1-2H3/q+1. The topological polar surface area (TPSA) is 24.1 Å². The van der Waals surface area contributed by atoms with Gasteiger partial charge in [0.25, 0.3) is 0 Å². The Bertz CT molecular complexity index is 524. The number of halogens is 1. The molecule has 25 heavy (non-hydrogen) atoms. The molecule has 0 heterocycles. The Hall–Kier alpha value is -1.23. The van der Waals surface area contributed by atoms with E-state index < -0.39 is 0 Å². The van der Waals surface area contributed by atoms with Crippen LogP contribution in [0.5, 0.6) is 0 Å². The molecule has 2 aromatic carbocycles. The quantitative estimate of drug-likeness (QED) is 0.383. The van der Waals surface area contributed by atoms with Crippen molar-refractivity contribution in [3.63, 3.8) is 0 Å². The molecule has 0 aromatic heterocycles. The maximum atomic E-state index is 3.51. The summed E-state index contributed by atoms with van der Waals surface area (Å²) in [5.41, 5.74) is 2.49. The fourth-order valence-electron chi connectivity index (χ4n) is 2.60. The second-order valence-corrected chi connectivity index (χ2v) is 9.41. The molecule has 2 aromatic rings. The summed E-state index contributed by atoms with van der Waals surface area (Å²) < 4.78 is 2.95. The lowest BCUT2D eigenvalue weighted by Gasteiger charge is -2.05. The number of anilines is 2. The van der Waals surface area contributed by atoms with Gasteiger partial charge in [-0.15, -0.1) is 0 Å². The van der Waals surface area contributed by atoms with E-state index in [2.05, 4.69) is 73.0 Å². The van der Waals surface area contributed by atoms with Gasteiger partial charge in [0, 0.05) is 24.5 Å². The van der Waals surface area contributed by atoms with Crippen LogP contribution in [0.1, 0.15) is 52.4 Å². The van der Waals surface area contributed by atoms with Crippen molar-refractivity contribution < 1.29 is 21.2 Å². The van der Waals surface area contributed by atoms with E-state index in [1.54, 1.807) is 0 Å². The van der Waals surface area contributed by atoms with E-state index in [9.17, 15) is 0 Å². The normalized spacial score (nSPS) is 10.6. The van der Waals surface area contributed by atoms with Crippen LogP contribution in [-0.4, -0.2) is 13.1 Å². The summed E-state index contributed by atoms with van der Waals surface area (Å²) in [7, 11) is 0. The van der Waals surface area contributed by atoms with Gasteiger partial charge in [-0.05, 0) is 61.4 Å². The third kappa shape index (κ3) is 8.13. The summed E-state index contributed by atoms with van der Waals surface area (Å²) in [6.07, 6.45) is 7.67. The minimum Gasteiger partial charge on any atom is -0.385 e. The van der Waals surface area contributed by atoms with Gasteiger partial charge >= 0.3 is 21.2 Å². The molecule has 2 N–H and O–H groups in total. The molecule has 3 heteroatoms. The van der Waals surface area contributed by atoms with Gasteiger partial charge in [0.1, 0.15) is 0 Å². The fourth-order valence-corrected chi connectivity index (χ4v) is 4.76. The van der Waals surface area contributed by atoms with E-state index in [0.29, 0.717) is 0 Å². The predicted octanol–water partition coefficient (Wildman–Crippen LogP) is 3.02. The monoisotopic (exact) mass is 451 g/mol. The molecule has 0 spiro atoms. The average Bonchev–Trinajstić information content (AvgIpc) is 2.65. The molecule has 0 unspecified atom stereocenters. The number of hydrogen-bond acceptors (Lipinski definition) is 2. The van der Waals surface area contributed by atoms with Gasteiger partial charge in [-0.25, -0.2) is 0 Å². The maximum absolute atomic E-state index is 3.51. The molecule has 0 aliphatic carbocycles. The third-order valence-corrected chi connectivity index (χ3v) is 6.81. The zero-order valence-corrected chi connectivity index (χ0v) is 17.8. The second-order valence-electron chi connectivity index (χ2n) is 6.38. The molecular weight excluding hydrogens is 419 g/mol. The molecule has 0 aliphatic rings. The first-order valence-electron chi connectivity index (χ1n) is 9.64. The van der Waals surface area contributed by atoms with Gasteiger partial charge in [0.2, 0.25) is 0 Å². The number of benzene rings is 2. The summed E-state index contributed by atoms with van der Waals surface area (Å²) in [5.74, 6) is 0. The van der Waals surface area contributed by atoms with Crippen molar-refractivity contribution in [3.8, 4) is 0 Å². The Morgan fingerprint density at radius 1 is 0.600 bits per heavy atom. The van der Waals surface area contributed by atoms with E-state index in [4.69, 9.17) is 0 Å². The molecule has 0 fully saturated rings. The van der Waals surface area contributed by atoms with Crippen LogP contribution in [0.4, 0.5) is 11.4 Å². The van der Waals surface area contributed by atoms with E-state index in [1.165, 1.54) is 57.0 Å². The minimum absolute atomic E-state index is 0.0916. The molecule has 0 saturated carbocycles. The Labute approximate surface area is 164 Å². The molecule has 136 valence electrons. The Morgan fingerprint density at radius 2 is 1.00 bits per heavy atom. The van der Waals surface area contributed by atoms with Crippen LogP contribution in [0.3, 0.4) is 0 Å². The molecule has 0 radical (unpaired) electrons. The number of rotatable bonds is 12. The zero-order valence-electron chi connectivity index (χ0n) is 15.7. The fraction of sp³-hybridized carbons (Fsp3) is 0.455. The smallest absolute Gasteiger partial charge is 0.357 e. The van der Waals surface area contributed by atoms with Crippen molar-refractivity contribution in [1.29, 1.82) is 0 Å². The highest BCUT2D eigenvalue weighted by Gasteiger charge is 2.15.